The van der Waals surface area contributed by atoms with Gasteiger partial charge in [0.2, 0.25) is 5.91 Å². The fraction of sp³-hybridized carbons (Fsp3) is 0.833. The van der Waals surface area contributed by atoms with Crippen LogP contribution in [0.25, 0.3) is 0 Å². The molecule has 5 nitrogen and oxygen atoms in total. The standard InChI is InChI=1S/C12H24N2O3/c1-4-6-9(7-13)11(15)14-10(12(16)17)8(3)5-2/h8-10H,4-7,13H2,1-3H3,(H,14,15)(H,16,17)/t8?,9?,10-/m0/s1. The molecule has 0 saturated heterocycles. The number of amides is 1. The summed E-state index contributed by atoms with van der Waals surface area (Å²) in [6.45, 7) is 5.95. The van der Waals surface area contributed by atoms with Gasteiger partial charge >= 0.3 is 5.97 Å². The highest BCUT2D eigenvalue weighted by Crippen LogP contribution is 2.11. The number of carboxylic acid groups (broad SMARTS) is 1. The predicted molar refractivity (Wildman–Crippen MR) is 66.5 cm³/mol. The Morgan fingerprint density at radius 1 is 1.35 bits per heavy atom. The molecule has 0 rings (SSSR count). The lowest BCUT2D eigenvalue weighted by Crippen LogP contribution is -2.48. The predicted octanol–water partition coefficient (Wildman–Crippen LogP) is 0.977. The molecule has 3 atom stereocenters. The van der Waals surface area contributed by atoms with E-state index in [-0.39, 0.29) is 24.3 Å². The molecule has 0 aromatic heterocycles. The van der Waals surface area contributed by atoms with E-state index < -0.39 is 12.0 Å². The van der Waals surface area contributed by atoms with Crippen LogP contribution in [0.15, 0.2) is 0 Å². The maximum Gasteiger partial charge on any atom is 0.326 e. The topological polar surface area (TPSA) is 92.4 Å². The molecule has 0 saturated carbocycles. The smallest absolute Gasteiger partial charge is 0.326 e. The molecule has 0 spiro atoms. The number of aliphatic carboxylic acids is 1. The number of hydrogen-bond donors (Lipinski definition) is 3. The van der Waals surface area contributed by atoms with Crippen LogP contribution in [0, 0.1) is 11.8 Å². The molecule has 0 radical (unpaired) electrons. The zero-order valence-corrected chi connectivity index (χ0v) is 10.9. The summed E-state index contributed by atoms with van der Waals surface area (Å²) in [4.78, 5) is 22.9. The maximum atomic E-state index is 11.8. The number of nitrogens with two attached hydrogens (primary N) is 1. The van der Waals surface area contributed by atoms with E-state index in [1.54, 1.807) is 0 Å². The Kier molecular flexibility index (Phi) is 7.54. The van der Waals surface area contributed by atoms with E-state index in [9.17, 15) is 9.59 Å². The molecule has 0 aromatic rings. The van der Waals surface area contributed by atoms with E-state index in [2.05, 4.69) is 5.32 Å². The van der Waals surface area contributed by atoms with Crippen LogP contribution in [-0.4, -0.2) is 29.6 Å². The van der Waals surface area contributed by atoms with Crippen molar-refractivity contribution in [1.82, 2.24) is 5.32 Å². The van der Waals surface area contributed by atoms with Gasteiger partial charge in [0, 0.05) is 6.54 Å². The minimum Gasteiger partial charge on any atom is -0.480 e. The van der Waals surface area contributed by atoms with Crippen molar-refractivity contribution in [2.45, 2.75) is 46.1 Å². The van der Waals surface area contributed by atoms with E-state index in [1.165, 1.54) is 0 Å². The Labute approximate surface area is 103 Å². The van der Waals surface area contributed by atoms with Crippen LogP contribution >= 0.6 is 0 Å². The van der Waals surface area contributed by atoms with Crippen molar-refractivity contribution in [3.63, 3.8) is 0 Å². The normalized spacial score (nSPS) is 16.0. The van der Waals surface area contributed by atoms with Gasteiger partial charge < -0.3 is 16.2 Å². The summed E-state index contributed by atoms with van der Waals surface area (Å²) in [7, 11) is 0. The van der Waals surface area contributed by atoms with Gasteiger partial charge in [-0.3, -0.25) is 4.79 Å². The summed E-state index contributed by atoms with van der Waals surface area (Å²) >= 11 is 0. The van der Waals surface area contributed by atoms with Gasteiger partial charge in [0.1, 0.15) is 6.04 Å². The molecule has 1 amide bonds. The molecular weight excluding hydrogens is 220 g/mol. The zero-order chi connectivity index (χ0) is 13.4. The number of carboxylic acids is 1. The summed E-state index contributed by atoms with van der Waals surface area (Å²) in [6, 6.07) is -0.821. The molecule has 2 unspecified atom stereocenters. The van der Waals surface area contributed by atoms with Gasteiger partial charge in [-0.1, -0.05) is 33.6 Å². The van der Waals surface area contributed by atoms with Crippen molar-refractivity contribution in [3.05, 3.63) is 0 Å². The lowest BCUT2D eigenvalue weighted by atomic mass is 9.97. The van der Waals surface area contributed by atoms with Gasteiger partial charge in [-0.2, -0.15) is 0 Å². The van der Waals surface area contributed by atoms with Crippen molar-refractivity contribution in [2.75, 3.05) is 6.54 Å². The lowest BCUT2D eigenvalue weighted by molar-refractivity contribution is -0.144. The summed E-state index contributed by atoms with van der Waals surface area (Å²) < 4.78 is 0. The SMILES string of the molecule is CCCC(CN)C(=O)N[C@H](C(=O)O)C(C)CC. The summed E-state index contributed by atoms with van der Waals surface area (Å²) in [6.07, 6.45) is 2.25. The highest BCUT2D eigenvalue weighted by Gasteiger charge is 2.27. The minimum absolute atomic E-state index is 0.0866. The summed E-state index contributed by atoms with van der Waals surface area (Å²) in [5.41, 5.74) is 5.51. The van der Waals surface area contributed by atoms with Crippen LogP contribution in [0.4, 0.5) is 0 Å². The Morgan fingerprint density at radius 2 is 1.94 bits per heavy atom. The molecule has 0 bridgehead atoms. The Bertz CT molecular complexity index is 256. The van der Waals surface area contributed by atoms with Crippen LogP contribution < -0.4 is 11.1 Å². The van der Waals surface area contributed by atoms with Crippen molar-refractivity contribution in [2.24, 2.45) is 17.6 Å². The average molecular weight is 244 g/mol. The highest BCUT2D eigenvalue weighted by atomic mass is 16.4. The molecule has 5 heteroatoms. The van der Waals surface area contributed by atoms with Crippen LogP contribution in [-0.2, 0) is 9.59 Å². The van der Waals surface area contributed by atoms with Gasteiger partial charge in [0.15, 0.2) is 0 Å². The van der Waals surface area contributed by atoms with Crippen molar-refractivity contribution in [1.29, 1.82) is 0 Å². The van der Waals surface area contributed by atoms with Gasteiger partial charge in [-0.05, 0) is 12.3 Å². The Hall–Kier alpha value is -1.10. The second kappa shape index (κ2) is 8.06. The van der Waals surface area contributed by atoms with E-state index in [1.807, 2.05) is 20.8 Å². The second-order valence-corrected chi connectivity index (χ2v) is 4.43. The molecule has 0 fully saturated rings. The fourth-order valence-corrected chi connectivity index (χ4v) is 1.66. The first kappa shape index (κ1) is 15.9. The molecule has 0 aliphatic carbocycles. The first-order valence-corrected chi connectivity index (χ1v) is 6.21. The number of carbonyl (C=O) groups excluding carboxylic acids is 1. The Balaban J connectivity index is 4.53. The third kappa shape index (κ3) is 5.17. The molecule has 0 heterocycles. The first-order valence-electron chi connectivity index (χ1n) is 6.21. The van der Waals surface area contributed by atoms with Gasteiger partial charge in [0.05, 0.1) is 5.92 Å². The average Bonchev–Trinajstić information content (AvgIpc) is 2.31. The Morgan fingerprint density at radius 3 is 2.29 bits per heavy atom. The van der Waals surface area contributed by atoms with Crippen molar-refractivity contribution in [3.8, 4) is 0 Å². The third-order valence-corrected chi connectivity index (χ3v) is 3.07. The zero-order valence-electron chi connectivity index (χ0n) is 10.9. The minimum atomic E-state index is -0.986. The lowest BCUT2D eigenvalue weighted by Gasteiger charge is -2.23. The number of rotatable bonds is 8. The van der Waals surface area contributed by atoms with Crippen LogP contribution in [0.1, 0.15) is 40.0 Å². The van der Waals surface area contributed by atoms with Crippen LogP contribution in [0.5, 0.6) is 0 Å². The second-order valence-electron chi connectivity index (χ2n) is 4.43. The quantitative estimate of drug-likeness (QED) is 0.593. The van der Waals surface area contributed by atoms with Gasteiger partial charge in [-0.15, -0.1) is 0 Å². The largest absolute Gasteiger partial charge is 0.480 e. The molecule has 100 valence electrons. The third-order valence-electron chi connectivity index (χ3n) is 3.07. The monoisotopic (exact) mass is 244 g/mol. The molecule has 17 heavy (non-hydrogen) atoms. The molecule has 0 aromatic carbocycles. The molecule has 0 aliphatic heterocycles. The van der Waals surface area contributed by atoms with Gasteiger partial charge in [0.25, 0.3) is 0 Å². The summed E-state index contributed by atoms with van der Waals surface area (Å²) in [5, 5.41) is 11.6. The van der Waals surface area contributed by atoms with Crippen molar-refractivity contribution < 1.29 is 14.7 Å². The first-order chi connectivity index (χ1) is 7.97. The van der Waals surface area contributed by atoms with E-state index >= 15 is 0 Å². The van der Waals surface area contributed by atoms with Crippen LogP contribution in [0.3, 0.4) is 0 Å². The molecule has 0 aliphatic rings. The number of nitrogens with one attached hydrogen (secondary N) is 1. The molecule has 4 N–H and O–H groups in total. The van der Waals surface area contributed by atoms with Crippen molar-refractivity contribution >= 4 is 11.9 Å². The van der Waals surface area contributed by atoms with E-state index in [0.29, 0.717) is 12.8 Å². The molecular formula is C12H24N2O3. The van der Waals surface area contributed by atoms with E-state index in [0.717, 1.165) is 6.42 Å². The van der Waals surface area contributed by atoms with E-state index in [4.69, 9.17) is 10.8 Å². The summed E-state index contributed by atoms with van der Waals surface area (Å²) in [5.74, 6) is -1.61. The highest BCUT2D eigenvalue weighted by molar-refractivity contribution is 5.85. The fourth-order valence-electron chi connectivity index (χ4n) is 1.66. The van der Waals surface area contributed by atoms with Crippen LogP contribution in [0.2, 0.25) is 0 Å². The number of hydrogen-bond acceptors (Lipinski definition) is 3. The number of carbonyl (C=O) groups is 2. The maximum absolute atomic E-state index is 11.8. The van der Waals surface area contributed by atoms with Gasteiger partial charge in [-0.25, -0.2) is 4.79 Å².